The van der Waals surface area contributed by atoms with Crippen molar-refractivity contribution in [2.24, 2.45) is 10.6 Å². The molecule has 3 aromatic carbocycles. The molecule has 3 N–H and O–H groups in total. The molecular formula is C28H32N4O4P+. The minimum atomic E-state index is -2.87. The summed E-state index contributed by atoms with van der Waals surface area (Å²) in [5.74, 6) is 0.441. The van der Waals surface area contributed by atoms with Crippen molar-refractivity contribution >= 4 is 14.0 Å². The molecule has 0 spiro atoms. The first-order valence-corrected chi connectivity index (χ1v) is 13.2. The summed E-state index contributed by atoms with van der Waals surface area (Å²) >= 11 is 0. The molecule has 0 bridgehead atoms. The topological polar surface area (TPSA) is 121 Å². The Balaban J connectivity index is 0.000000886. The molecule has 0 amide bonds. The second-order valence-corrected chi connectivity index (χ2v) is 9.30. The Morgan fingerprint density at radius 2 is 1.22 bits per heavy atom. The molecule has 0 aliphatic rings. The van der Waals surface area contributed by atoms with Crippen LogP contribution in [0.4, 0.5) is 0 Å². The lowest BCUT2D eigenvalue weighted by atomic mass is 9.77. The van der Waals surface area contributed by atoms with E-state index in [0.717, 1.165) is 29.5 Å². The molecule has 0 atom stereocenters. The highest BCUT2D eigenvalue weighted by Crippen LogP contribution is 2.40. The summed E-state index contributed by atoms with van der Waals surface area (Å²) in [6.45, 7) is 6.27. The lowest BCUT2D eigenvalue weighted by Gasteiger charge is -2.36. The quantitative estimate of drug-likeness (QED) is 0.0896. The number of rotatable bonds is 8. The first-order valence-electron chi connectivity index (χ1n) is 12.0. The summed E-state index contributed by atoms with van der Waals surface area (Å²) in [7, 11) is -2.87. The number of oxime groups is 1. The Bertz CT molecular complexity index is 1210. The van der Waals surface area contributed by atoms with Gasteiger partial charge in [-0.2, -0.15) is 0 Å². The average molecular weight is 520 g/mol. The van der Waals surface area contributed by atoms with Gasteiger partial charge in [-0.15, -0.1) is 14.9 Å². The van der Waals surface area contributed by atoms with Gasteiger partial charge in [-0.05, 0) is 29.5 Å². The fraction of sp³-hybridized carbons (Fsp3) is 0.250. The molecule has 1 heterocycles. The largest absolute Gasteiger partial charge is 0.692 e. The van der Waals surface area contributed by atoms with E-state index < -0.39 is 13.8 Å². The highest BCUT2D eigenvalue weighted by molar-refractivity contribution is 7.30. The van der Waals surface area contributed by atoms with Crippen molar-refractivity contribution in [3.8, 4) is 0 Å². The van der Waals surface area contributed by atoms with Gasteiger partial charge in [0.15, 0.2) is 5.82 Å². The predicted molar refractivity (Wildman–Crippen MR) is 144 cm³/mol. The van der Waals surface area contributed by atoms with Crippen LogP contribution in [-0.4, -0.2) is 35.5 Å². The number of nitrogens with zero attached hydrogens (tertiary/aromatic N) is 4. The zero-order valence-electron chi connectivity index (χ0n) is 21.1. The third-order valence-electron chi connectivity index (χ3n) is 6.85. The standard InChI is InChI=1S/C28H30N4O.HO3P/c1-4-27(3,5-2)25(31-33)26-29-21-32(30-26)28(22-15-9-6-10-16-22,23-17-11-7-12-18-23)24-19-13-8-14-20-24;1-4(2)3/h6-21,33H,4-5H2,1-3H3;(H-,1,2,3)/p+1. The minimum absolute atomic E-state index is 0.324. The highest BCUT2D eigenvalue weighted by atomic mass is 31.1. The van der Waals surface area contributed by atoms with E-state index in [4.69, 9.17) is 19.5 Å². The Labute approximate surface area is 217 Å². The monoisotopic (exact) mass is 519 g/mol. The van der Waals surface area contributed by atoms with Gasteiger partial charge in [0.2, 0.25) is 0 Å². The van der Waals surface area contributed by atoms with Crippen LogP contribution in [0.2, 0.25) is 0 Å². The normalized spacial score (nSPS) is 12.0. The van der Waals surface area contributed by atoms with Gasteiger partial charge >= 0.3 is 8.25 Å². The van der Waals surface area contributed by atoms with Gasteiger partial charge in [0.25, 0.3) is 0 Å². The van der Waals surface area contributed by atoms with Crippen LogP contribution in [-0.2, 0) is 10.1 Å². The summed E-state index contributed by atoms with van der Waals surface area (Å²) in [6, 6.07) is 31.0. The molecule has 37 heavy (non-hydrogen) atoms. The van der Waals surface area contributed by atoms with Gasteiger partial charge in [-0.25, -0.2) is 9.67 Å². The first kappa shape index (κ1) is 27.9. The van der Waals surface area contributed by atoms with E-state index in [9.17, 15) is 5.21 Å². The van der Waals surface area contributed by atoms with Crippen molar-refractivity contribution in [1.82, 2.24) is 14.8 Å². The summed E-state index contributed by atoms with van der Waals surface area (Å²) in [6.07, 6.45) is 3.39. The third kappa shape index (κ3) is 5.83. The smallest absolute Gasteiger partial charge is 0.411 e. The van der Waals surface area contributed by atoms with E-state index in [1.807, 2.05) is 59.3 Å². The van der Waals surface area contributed by atoms with Crippen molar-refractivity contribution in [3.63, 3.8) is 0 Å². The molecule has 4 rings (SSSR count). The lowest BCUT2D eigenvalue weighted by Crippen LogP contribution is -2.38. The minimum Gasteiger partial charge on any atom is -0.411 e. The number of benzene rings is 3. The Morgan fingerprint density at radius 3 is 1.54 bits per heavy atom. The van der Waals surface area contributed by atoms with E-state index >= 15 is 0 Å². The second-order valence-electron chi connectivity index (χ2n) is 8.79. The molecule has 192 valence electrons. The molecule has 0 radical (unpaired) electrons. The molecule has 9 heteroatoms. The fourth-order valence-electron chi connectivity index (χ4n) is 4.49. The molecule has 0 saturated heterocycles. The Kier molecular flexibility index (Phi) is 9.42. The molecule has 0 aliphatic carbocycles. The first-order chi connectivity index (χ1) is 17.8. The van der Waals surface area contributed by atoms with E-state index in [-0.39, 0.29) is 5.41 Å². The van der Waals surface area contributed by atoms with Crippen molar-refractivity contribution < 1.29 is 19.6 Å². The Hall–Kier alpha value is -3.71. The molecule has 0 saturated carbocycles. The van der Waals surface area contributed by atoms with Crippen LogP contribution >= 0.6 is 8.25 Å². The van der Waals surface area contributed by atoms with Crippen LogP contribution in [0.5, 0.6) is 0 Å². The number of aromatic nitrogens is 3. The Morgan fingerprint density at radius 1 is 0.838 bits per heavy atom. The van der Waals surface area contributed by atoms with E-state index in [1.54, 1.807) is 6.33 Å². The summed E-state index contributed by atoms with van der Waals surface area (Å²) in [4.78, 5) is 18.9. The summed E-state index contributed by atoms with van der Waals surface area (Å²) in [5.41, 5.74) is 2.63. The zero-order valence-corrected chi connectivity index (χ0v) is 22.0. The lowest BCUT2D eigenvalue weighted by molar-refractivity contribution is 0.303. The highest BCUT2D eigenvalue weighted by Gasteiger charge is 2.41. The van der Waals surface area contributed by atoms with Gasteiger partial charge in [0.05, 0.1) is 0 Å². The fourth-order valence-corrected chi connectivity index (χ4v) is 4.49. The molecule has 0 fully saturated rings. The van der Waals surface area contributed by atoms with Gasteiger partial charge in [-0.3, -0.25) is 0 Å². The predicted octanol–water partition coefficient (Wildman–Crippen LogP) is 5.75. The van der Waals surface area contributed by atoms with Crippen LogP contribution in [0.15, 0.2) is 102 Å². The van der Waals surface area contributed by atoms with Crippen LogP contribution in [0.3, 0.4) is 0 Å². The molecule has 8 nitrogen and oxygen atoms in total. The summed E-state index contributed by atoms with van der Waals surface area (Å²) < 4.78 is 10.6. The number of hydrogen-bond acceptors (Lipinski definition) is 5. The van der Waals surface area contributed by atoms with Crippen molar-refractivity contribution in [1.29, 1.82) is 0 Å². The maximum absolute atomic E-state index is 9.94. The molecular weight excluding hydrogens is 487 g/mol. The summed E-state index contributed by atoms with van der Waals surface area (Å²) in [5, 5.41) is 18.6. The van der Waals surface area contributed by atoms with E-state index in [0.29, 0.717) is 11.5 Å². The van der Waals surface area contributed by atoms with Gasteiger partial charge < -0.3 is 5.21 Å². The van der Waals surface area contributed by atoms with Crippen LogP contribution < -0.4 is 0 Å². The molecule has 1 aromatic heterocycles. The van der Waals surface area contributed by atoms with Crippen LogP contribution in [0.25, 0.3) is 0 Å². The molecule has 4 aromatic rings. The van der Waals surface area contributed by atoms with Crippen LogP contribution in [0.1, 0.15) is 56.1 Å². The van der Waals surface area contributed by atoms with Crippen LogP contribution in [0, 0.1) is 5.41 Å². The van der Waals surface area contributed by atoms with Gasteiger partial charge in [-0.1, -0.05) is 117 Å². The van der Waals surface area contributed by atoms with Gasteiger partial charge in [0.1, 0.15) is 17.6 Å². The van der Waals surface area contributed by atoms with Crippen molar-refractivity contribution in [2.45, 2.75) is 39.2 Å². The molecule has 0 aliphatic heterocycles. The SMILES string of the molecule is CCC(C)(CC)C(=NO)c1ncn(C(c2ccccc2)(c2ccccc2)c2ccccc2)n1.O=[P+](O)O. The van der Waals surface area contributed by atoms with E-state index in [1.165, 1.54) is 0 Å². The zero-order chi connectivity index (χ0) is 26.9. The second kappa shape index (κ2) is 12.5. The van der Waals surface area contributed by atoms with E-state index in [2.05, 4.69) is 67.3 Å². The third-order valence-corrected chi connectivity index (χ3v) is 6.85. The average Bonchev–Trinajstić information content (AvgIpc) is 3.40. The van der Waals surface area contributed by atoms with Crippen molar-refractivity contribution in [3.05, 3.63) is 120 Å². The molecule has 0 unspecified atom stereocenters. The number of hydrogen-bond donors (Lipinski definition) is 3. The van der Waals surface area contributed by atoms with Crippen molar-refractivity contribution in [2.75, 3.05) is 0 Å². The van der Waals surface area contributed by atoms with Gasteiger partial charge in [0, 0.05) is 9.98 Å². The maximum Gasteiger partial charge on any atom is 0.692 e. The maximum atomic E-state index is 9.94.